The van der Waals surface area contributed by atoms with Crippen LogP contribution < -0.4 is 14.9 Å². The molecular formula is C20H17BrN2O4. The number of amides is 1. The van der Waals surface area contributed by atoms with Gasteiger partial charge in [0.1, 0.15) is 5.75 Å². The summed E-state index contributed by atoms with van der Waals surface area (Å²) in [7, 11) is 1.52. The highest BCUT2D eigenvalue weighted by Crippen LogP contribution is 2.30. The maximum atomic E-state index is 12.0. The Labute approximate surface area is 164 Å². The third kappa shape index (κ3) is 4.57. The van der Waals surface area contributed by atoms with Gasteiger partial charge in [-0.15, -0.1) is 0 Å². The Morgan fingerprint density at radius 3 is 2.81 bits per heavy atom. The van der Waals surface area contributed by atoms with Crippen LogP contribution in [0.1, 0.15) is 5.56 Å². The van der Waals surface area contributed by atoms with E-state index in [0.29, 0.717) is 17.1 Å². The Hall–Kier alpha value is -3.06. The number of phenols is 1. The van der Waals surface area contributed by atoms with E-state index in [0.717, 1.165) is 15.2 Å². The molecule has 0 saturated carbocycles. The van der Waals surface area contributed by atoms with Gasteiger partial charge in [-0.3, -0.25) is 4.79 Å². The molecule has 0 unspecified atom stereocenters. The van der Waals surface area contributed by atoms with E-state index >= 15 is 0 Å². The van der Waals surface area contributed by atoms with E-state index in [1.165, 1.54) is 13.3 Å². The third-order valence-corrected chi connectivity index (χ3v) is 4.31. The molecule has 1 amide bonds. The number of halogens is 1. The number of nitrogens with one attached hydrogen (secondary N) is 1. The van der Waals surface area contributed by atoms with Crippen LogP contribution in [0.5, 0.6) is 17.2 Å². The summed E-state index contributed by atoms with van der Waals surface area (Å²) in [6.07, 6.45) is 1.41. The minimum atomic E-state index is -0.434. The first-order valence-electron chi connectivity index (χ1n) is 8.07. The second-order valence-corrected chi connectivity index (χ2v) is 6.51. The van der Waals surface area contributed by atoms with Gasteiger partial charge in [-0.05, 0) is 35.0 Å². The van der Waals surface area contributed by atoms with Crippen molar-refractivity contribution in [2.75, 3.05) is 13.7 Å². The van der Waals surface area contributed by atoms with Crippen LogP contribution in [0.25, 0.3) is 10.8 Å². The van der Waals surface area contributed by atoms with Crippen LogP contribution in [-0.2, 0) is 4.79 Å². The summed E-state index contributed by atoms with van der Waals surface area (Å²) in [5.41, 5.74) is 2.92. The number of ether oxygens (including phenoxy) is 2. The van der Waals surface area contributed by atoms with Crippen molar-refractivity contribution in [1.29, 1.82) is 0 Å². The lowest BCUT2D eigenvalue weighted by molar-refractivity contribution is -0.123. The van der Waals surface area contributed by atoms with E-state index < -0.39 is 5.91 Å². The van der Waals surface area contributed by atoms with Crippen molar-refractivity contribution >= 4 is 38.8 Å². The third-order valence-electron chi connectivity index (χ3n) is 3.82. The molecule has 138 valence electrons. The Morgan fingerprint density at radius 2 is 2.00 bits per heavy atom. The van der Waals surface area contributed by atoms with Crippen LogP contribution >= 0.6 is 15.9 Å². The number of hydrogen-bond donors (Lipinski definition) is 2. The summed E-state index contributed by atoms with van der Waals surface area (Å²) in [5.74, 6) is 0.617. The zero-order valence-corrected chi connectivity index (χ0v) is 16.1. The van der Waals surface area contributed by atoms with Gasteiger partial charge >= 0.3 is 0 Å². The monoisotopic (exact) mass is 428 g/mol. The van der Waals surface area contributed by atoms with Crippen LogP contribution in [0.2, 0.25) is 0 Å². The van der Waals surface area contributed by atoms with Crippen molar-refractivity contribution in [3.05, 3.63) is 64.6 Å². The number of carbonyl (C=O) groups excluding carboxylic acids is 1. The summed E-state index contributed by atoms with van der Waals surface area (Å²) < 4.78 is 11.5. The van der Waals surface area contributed by atoms with Crippen LogP contribution in [0.4, 0.5) is 0 Å². The summed E-state index contributed by atoms with van der Waals surface area (Å²) >= 11 is 3.34. The predicted octanol–water partition coefficient (Wildman–Crippen LogP) is 3.85. The van der Waals surface area contributed by atoms with Crippen LogP contribution in [0.15, 0.2) is 64.2 Å². The molecule has 0 aliphatic rings. The van der Waals surface area contributed by atoms with E-state index in [9.17, 15) is 9.90 Å². The molecule has 3 rings (SSSR count). The maximum Gasteiger partial charge on any atom is 0.277 e. The number of carbonyl (C=O) groups is 1. The fourth-order valence-electron chi connectivity index (χ4n) is 2.52. The molecule has 0 radical (unpaired) electrons. The Morgan fingerprint density at radius 1 is 1.19 bits per heavy atom. The topological polar surface area (TPSA) is 80.2 Å². The number of aromatic hydroxyl groups is 1. The quantitative estimate of drug-likeness (QED) is 0.461. The Bertz CT molecular complexity index is 1000. The highest BCUT2D eigenvalue weighted by atomic mass is 79.9. The average molecular weight is 429 g/mol. The van der Waals surface area contributed by atoms with Gasteiger partial charge in [0, 0.05) is 10.0 Å². The largest absolute Gasteiger partial charge is 0.507 e. The highest BCUT2D eigenvalue weighted by Gasteiger charge is 2.08. The molecule has 0 aliphatic heterocycles. The van der Waals surface area contributed by atoms with E-state index in [1.54, 1.807) is 24.3 Å². The van der Waals surface area contributed by atoms with Gasteiger partial charge in [0.05, 0.1) is 13.3 Å². The Kier molecular flexibility index (Phi) is 5.93. The van der Waals surface area contributed by atoms with Crippen molar-refractivity contribution in [2.24, 2.45) is 5.10 Å². The van der Waals surface area contributed by atoms with Gasteiger partial charge in [-0.2, -0.15) is 5.10 Å². The van der Waals surface area contributed by atoms with E-state index in [-0.39, 0.29) is 12.4 Å². The van der Waals surface area contributed by atoms with E-state index in [4.69, 9.17) is 9.47 Å². The lowest BCUT2D eigenvalue weighted by Crippen LogP contribution is -2.24. The number of benzene rings is 3. The van der Waals surface area contributed by atoms with Gasteiger partial charge in [0.2, 0.25) is 0 Å². The molecule has 3 aromatic carbocycles. The number of methoxy groups -OCH3 is 1. The van der Waals surface area contributed by atoms with Gasteiger partial charge < -0.3 is 14.6 Å². The molecule has 7 heteroatoms. The van der Waals surface area contributed by atoms with Gasteiger partial charge in [0.25, 0.3) is 5.91 Å². The number of fused-ring (bicyclic) bond motifs is 1. The summed E-state index contributed by atoms with van der Waals surface area (Å²) in [5, 5.41) is 15.8. The zero-order valence-electron chi connectivity index (χ0n) is 14.5. The SMILES string of the molecule is COc1cc(Br)ccc1OCC(=O)N/N=C/c1c(O)ccc2ccccc12. The second-order valence-electron chi connectivity index (χ2n) is 5.60. The van der Waals surface area contributed by atoms with Crippen LogP contribution in [0.3, 0.4) is 0 Å². The number of rotatable bonds is 6. The maximum absolute atomic E-state index is 12.0. The molecular weight excluding hydrogens is 412 g/mol. The number of hydrazone groups is 1. The van der Waals surface area contributed by atoms with Crippen molar-refractivity contribution < 1.29 is 19.4 Å². The van der Waals surface area contributed by atoms with Gasteiger partial charge in [0.15, 0.2) is 18.1 Å². The fourth-order valence-corrected chi connectivity index (χ4v) is 2.86. The van der Waals surface area contributed by atoms with Crippen molar-refractivity contribution in [2.45, 2.75) is 0 Å². The molecule has 0 aliphatic carbocycles. The molecule has 6 nitrogen and oxygen atoms in total. The number of nitrogens with zero attached hydrogens (tertiary/aromatic N) is 1. The lowest BCUT2D eigenvalue weighted by atomic mass is 10.0. The predicted molar refractivity (Wildman–Crippen MR) is 108 cm³/mol. The van der Waals surface area contributed by atoms with Gasteiger partial charge in [-0.25, -0.2) is 5.43 Å². The van der Waals surface area contributed by atoms with Crippen molar-refractivity contribution in [1.82, 2.24) is 5.43 Å². The minimum absolute atomic E-state index is 0.0857. The number of hydrogen-bond acceptors (Lipinski definition) is 5. The smallest absolute Gasteiger partial charge is 0.277 e. The van der Waals surface area contributed by atoms with Crippen LogP contribution in [-0.4, -0.2) is 30.9 Å². The van der Waals surface area contributed by atoms with Crippen LogP contribution in [0, 0.1) is 0 Å². The standard InChI is InChI=1S/C20H17BrN2O4/c1-26-19-10-14(21)7-9-18(19)27-12-20(25)23-22-11-16-15-5-3-2-4-13(15)6-8-17(16)24/h2-11,24H,12H2,1H3,(H,23,25)/b22-11+. The second kappa shape index (κ2) is 8.55. The first kappa shape index (κ1) is 18.7. The molecule has 27 heavy (non-hydrogen) atoms. The molecule has 2 N–H and O–H groups in total. The molecule has 0 heterocycles. The summed E-state index contributed by atoms with van der Waals surface area (Å²) in [4.78, 5) is 12.0. The molecule has 0 atom stereocenters. The summed E-state index contributed by atoms with van der Waals surface area (Å²) in [6.45, 7) is -0.225. The molecule has 0 saturated heterocycles. The lowest BCUT2D eigenvalue weighted by Gasteiger charge is -2.10. The van der Waals surface area contributed by atoms with Gasteiger partial charge in [-0.1, -0.05) is 46.3 Å². The molecule has 0 aromatic heterocycles. The van der Waals surface area contributed by atoms with E-state index in [1.807, 2.05) is 30.3 Å². The molecule has 0 spiro atoms. The summed E-state index contributed by atoms with van der Waals surface area (Å²) in [6, 6.07) is 16.2. The normalized spacial score (nSPS) is 10.9. The molecule has 3 aromatic rings. The van der Waals surface area contributed by atoms with E-state index in [2.05, 4.69) is 26.5 Å². The van der Waals surface area contributed by atoms with Crippen molar-refractivity contribution in [3.63, 3.8) is 0 Å². The molecule has 0 fully saturated rings. The zero-order chi connectivity index (χ0) is 19.2. The molecule has 0 bridgehead atoms. The number of phenolic OH excluding ortho intramolecular Hbond substituents is 1. The van der Waals surface area contributed by atoms with Crippen molar-refractivity contribution in [3.8, 4) is 17.2 Å². The fraction of sp³-hybridized carbons (Fsp3) is 0.100. The first-order chi connectivity index (χ1) is 13.1. The average Bonchev–Trinajstić information content (AvgIpc) is 2.68. The first-order valence-corrected chi connectivity index (χ1v) is 8.86. The minimum Gasteiger partial charge on any atom is -0.507 e. The Balaban J connectivity index is 1.64. The highest BCUT2D eigenvalue weighted by molar-refractivity contribution is 9.10.